The van der Waals surface area contributed by atoms with Gasteiger partial charge in [-0.15, -0.1) is 22.7 Å². The predicted molar refractivity (Wildman–Crippen MR) is 92.1 cm³/mol. The maximum atomic E-state index is 11.6. The lowest BCUT2D eigenvalue weighted by Gasteiger charge is -2.25. The van der Waals surface area contributed by atoms with Crippen molar-refractivity contribution in [2.45, 2.75) is 19.9 Å². The molecule has 1 aliphatic heterocycles. The molecule has 1 amide bonds. The number of hydrogen-bond donors (Lipinski definition) is 1. The Balaban J connectivity index is 1.81. The smallest absolute Gasteiger partial charge is 0.219 e. The summed E-state index contributed by atoms with van der Waals surface area (Å²) < 4.78 is 1.18. The van der Waals surface area contributed by atoms with E-state index in [-0.39, 0.29) is 5.91 Å². The minimum absolute atomic E-state index is 0.124. The van der Waals surface area contributed by atoms with Gasteiger partial charge in [0.15, 0.2) is 0 Å². The molecular formula is C16H15N3OS2. The molecule has 0 saturated carbocycles. The fourth-order valence-corrected chi connectivity index (χ4v) is 5.16. The Labute approximate surface area is 136 Å². The summed E-state index contributed by atoms with van der Waals surface area (Å²) in [6.07, 6.45) is 0.855. The Morgan fingerprint density at radius 3 is 2.91 bits per heavy atom. The molecule has 2 aromatic heterocycles. The number of carbonyl (C=O) groups excluding carboxylic acids is 1. The van der Waals surface area contributed by atoms with Crippen molar-refractivity contribution in [3.8, 4) is 10.6 Å². The molecule has 6 heteroatoms. The van der Waals surface area contributed by atoms with Crippen molar-refractivity contribution in [3.05, 3.63) is 34.7 Å². The first kappa shape index (κ1) is 13.7. The van der Waals surface area contributed by atoms with Crippen LogP contribution in [-0.4, -0.2) is 22.3 Å². The molecule has 0 bridgehead atoms. The summed E-state index contributed by atoms with van der Waals surface area (Å²) in [6.45, 7) is 3.05. The van der Waals surface area contributed by atoms with E-state index in [1.54, 1.807) is 29.6 Å². The Morgan fingerprint density at radius 2 is 2.14 bits per heavy atom. The zero-order valence-electron chi connectivity index (χ0n) is 12.1. The van der Waals surface area contributed by atoms with Crippen molar-refractivity contribution in [1.29, 1.82) is 0 Å². The van der Waals surface area contributed by atoms with Gasteiger partial charge in [0, 0.05) is 23.9 Å². The van der Waals surface area contributed by atoms with Crippen LogP contribution in [0.4, 0.5) is 5.00 Å². The van der Waals surface area contributed by atoms with Crippen LogP contribution < -0.4 is 5.73 Å². The van der Waals surface area contributed by atoms with Crippen LogP contribution in [0.3, 0.4) is 0 Å². The number of carbonyl (C=O) groups is 1. The van der Waals surface area contributed by atoms with Gasteiger partial charge in [-0.3, -0.25) is 4.79 Å². The number of amides is 1. The van der Waals surface area contributed by atoms with E-state index in [0.29, 0.717) is 6.54 Å². The lowest BCUT2D eigenvalue weighted by molar-refractivity contribution is -0.129. The van der Waals surface area contributed by atoms with Gasteiger partial charge in [-0.2, -0.15) is 0 Å². The quantitative estimate of drug-likeness (QED) is 0.743. The maximum Gasteiger partial charge on any atom is 0.219 e. The molecule has 1 aromatic carbocycles. The van der Waals surface area contributed by atoms with Crippen LogP contribution in [0.5, 0.6) is 0 Å². The molecule has 0 unspecified atom stereocenters. The molecule has 1 aliphatic rings. The summed E-state index contributed by atoms with van der Waals surface area (Å²) >= 11 is 3.28. The molecule has 0 saturated heterocycles. The average Bonchev–Trinajstić information content (AvgIpc) is 3.05. The van der Waals surface area contributed by atoms with Gasteiger partial charge in [0.1, 0.15) is 5.01 Å². The highest BCUT2D eigenvalue weighted by Crippen LogP contribution is 2.43. The molecule has 0 spiro atoms. The Bertz CT molecular complexity index is 848. The normalized spacial score (nSPS) is 14.3. The molecular weight excluding hydrogens is 314 g/mol. The second kappa shape index (κ2) is 5.07. The summed E-state index contributed by atoms with van der Waals surface area (Å²) in [7, 11) is 0. The largest absolute Gasteiger partial charge is 0.390 e. The Hall–Kier alpha value is -1.92. The van der Waals surface area contributed by atoms with E-state index in [4.69, 9.17) is 10.7 Å². The second-order valence-electron chi connectivity index (χ2n) is 5.42. The van der Waals surface area contributed by atoms with Crippen LogP contribution in [0.2, 0.25) is 0 Å². The Morgan fingerprint density at radius 1 is 1.32 bits per heavy atom. The van der Waals surface area contributed by atoms with Crippen LogP contribution in [-0.2, 0) is 17.8 Å². The molecule has 2 N–H and O–H groups in total. The van der Waals surface area contributed by atoms with E-state index in [1.807, 2.05) is 23.1 Å². The number of rotatable bonds is 1. The fourth-order valence-electron chi connectivity index (χ4n) is 2.91. The number of nitrogen functional groups attached to an aromatic ring is 1. The zero-order chi connectivity index (χ0) is 15.3. The van der Waals surface area contributed by atoms with Crippen molar-refractivity contribution in [2.75, 3.05) is 12.3 Å². The van der Waals surface area contributed by atoms with Crippen molar-refractivity contribution in [3.63, 3.8) is 0 Å². The molecule has 4 nitrogen and oxygen atoms in total. The first-order chi connectivity index (χ1) is 10.6. The van der Waals surface area contributed by atoms with Crippen molar-refractivity contribution < 1.29 is 4.79 Å². The van der Waals surface area contributed by atoms with Gasteiger partial charge >= 0.3 is 0 Å². The molecule has 22 heavy (non-hydrogen) atoms. The van der Waals surface area contributed by atoms with Crippen LogP contribution in [0.15, 0.2) is 24.3 Å². The van der Waals surface area contributed by atoms with Gasteiger partial charge in [0.05, 0.1) is 21.8 Å². The highest BCUT2D eigenvalue weighted by molar-refractivity contribution is 7.22. The molecule has 0 fully saturated rings. The lowest BCUT2D eigenvalue weighted by atomic mass is 10.0. The minimum atomic E-state index is 0.124. The Kier molecular flexibility index (Phi) is 3.16. The number of hydrogen-bond acceptors (Lipinski definition) is 5. The van der Waals surface area contributed by atoms with E-state index in [2.05, 4.69) is 6.07 Å². The van der Waals surface area contributed by atoms with Crippen LogP contribution in [0.25, 0.3) is 20.8 Å². The summed E-state index contributed by atoms with van der Waals surface area (Å²) in [5.74, 6) is 0.124. The predicted octanol–water partition coefficient (Wildman–Crippen LogP) is 3.51. The molecule has 112 valence electrons. The summed E-state index contributed by atoms with van der Waals surface area (Å²) in [5, 5.41) is 1.81. The second-order valence-corrected chi connectivity index (χ2v) is 7.59. The molecule has 4 rings (SSSR count). The van der Waals surface area contributed by atoms with Gasteiger partial charge in [0.25, 0.3) is 0 Å². The van der Waals surface area contributed by atoms with Gasteiger partial charge in [0.2, 0.25) is 5.91 Å². The van der Waals surface area contributed by atoms with E-state index < -0.39 is 0 Å². The first-order valence-corrected chi connectivity index (χ1v) is 8.78. The SMILES string of the molecule is CC(=O)N1CCc2c(sc(N)c2-c2nc3ccccc3s2)C1. The number of thiazole rings is 1. The van der Waals surface area contributed by atoms with Crippen LogP contribution in [0.1, 0.15) is 17.4 Å². The van der Waals surface area contributed by atoms with Gasteiger partial charge in [-0.25, -0.2) is 4.98 Å². The topological polar surface area (TPSA) is 59.2 Å². The zero-order valence-corrected chi connectivity index (χ0v) is 13.8. The number of benzene rings is 1. The number of anilines is 1. The number of nitrogens with two attached hydrogens (primary N) is 1. The maximum absolute atomic E-state index is 11.6. The van der Waals surface area contributed by atoms with Crippen LogP contribution >= 0.6 is 22.7 Å². The highest BCUT2D eigenvalue weighted by Gasteiger charge is 2.26. The van der Waals surface area contributed by atoms with Crippen molar-refractivity contribution in [2.24, 2.45) is 0 Å². The van der Waals surface area contributed by atoms with Crippen LogP contribution in [0, 0.1) is 0 Å². The van der Waals surface area contributed by atoms with E-state index in [9.17, 15) is 4.79 Å². The number of thiophene rings is 1. The van der Waals surface area contributed by atoms with E-state index >= 15 is 0 Å². The first-order valence-electron chi connectivity index (χ1n) is 7.15. The summed E-state index contributed by atoms with van der Waals surface area (Å²) in [5.41, 5.74) is 9.66. The minimum Gasteiger partial charge on any atom is -0.390 e. The van der Waals surface area contributed by atoms with Gasteiger partial charge < -0.3 is 10.6 Å². The number of aromatic nitrogens is 1. The fraction of sp³-hybridized carbons (Fsp3) is 0.250. The third-order valence-electron chi connectivity index (χ3n) is 4.04. The molecule has 0 radical (unpaired) electrons. The van der Waals surface area contributed by atoms with E-state index in [1.165, 1.54) is 15.1 Å². The summed E-state index contributed by atoms with van der Waals surface area (Å²) in [6, 6.07) is 8.15. The van der Waals surface area contributed by atoms with Gasteiger partial charge in [-0.1, -0.05) is 12.1 Å². The number of nitrogens with zero attached hydrogens (tertiary/aromatic N) is 2. The van der Waals surface area contributed by atoms with Crippen molar-refractivity contribution >= 4 is 43.8 Å². The third-order valence-corrected chi connectivity index (χ3v) is 6.14. The average molecular weight is 329 g/mol. The third kappa shape index (κ3) is 2.10. The highest BCUT2D eigenvalue weighted by atomic mass is 32.1. The molecule has 0 aliphatic carbocycles. The molecule has 3 aromatic rings. The van der Waals surface area contributed by atoms with Crippen molar-refractivity contribution in [1.82, 2.24) is 9.88 Å². The monoisotopic (exact) mass is 329 g/mol. The number of fused-ring (bicyclic) bond motifs is 2. The lowest BCUT2D eigenvalue weighted by Crippen LogP contribution is -2.33. The number of para-hydroxylation sites is 1. The van der Waals surface area contributed by atoms with Gasteiger partial charge in [-0.05, 0) is 24.1 Å². The molecule has 0 atom stereocenters. The standard InChI is InChI=1S/C16H15N3OS2/c1-9(20)19-7-6-10-13(8-19)21-15(17)14(10)16-18-11-4-2-3-5-12(11)22-16/h2-5H,6-8,17H2,1H3. The van der Waals surface area contributed by atoms with E-state index in [0.717, 1.165) is 34.1 Å². The summed E-state index contributed by atoms with van der Waals surface area (Å²) in [4.78, 5) is 19.4. The molecule has 3 heterocycles.